The van der Waals surface area contributed by atoms with Crippen molar-refractivity contribution < 1.29 is 17.6 Å². The lowest BCUT2D eigenvalue weighted by atomic mass is 9.95. The second-order valence-corrected chi connectivity index (χ2v) is 9.32. The summed E-state index contributed by atoms with van der Waals surface area (Å²) in [7, 11) is -3.58. The highest BCUT2D eigenvalue weighted by Gasteiger charge is 2.28. The van der Waals surface area contributed by atoms with Crippen LogP contribution in [0.3, 0.4) is 0 Å². The fraction of sp³-hybridized carbons (Fsp3) is 0.381. The molecule has 1 saturated heterocycles. The number of carbonyl (C=O) groups is 1. The van der Waals surface area contributed by atoms with Gasteiger partial charge in [0.05, 0.1) is 10.9 Å². The molecule has 1 amide bonds. The van der Waals surface area contributed by atoms with Crippen molar-refractivity contribution in [1.29, 1.82) is 0 Å². The lowest BCUT2D eigenvalue weighted by Gasteiger charge is -2.23. The predicted octanol–water partition coefficient (Wildman–Crippen LogP) is 3.74. The van der Waals surface area contributed by atoms with Crippen LogP contribution >= 0.6 is 0 Å². The number of sulfonamides is 1. The normalized spacial score (nSPS) is 16.3. The molecule has 3 rings (SSSR count). The van der Waals surface area contributed by atoms with Gasteiger partial charge in [-0.05, 0) is 54.7 Å². The highest BCUT2D eigenvalue weighted by atomic mass is 32.2. The van der Waals surface area contributed by atoms with Gasteiger partial charge >= 0.3 is 0 Å². The van der Waals surface area contributed by atoms with E-state index in [1.807, 2.05) is 13.8 Å². The Balaban J connectivity index is 1.83. The molecule has 0 saturated carbocycles. The zero-order chi connectivity index (χ0) is 20.3. The summed E-state index contributed by atoms with van der Waals surface area (Å²) in [6.45, 7) is 4.95. The molecule has 0 aromatic heterocycles. The van der Waals surface area contributed by atoms with E-state index in [4.69, 9.17) is 0 Å². The minimum Gasteiger partial charge on any atom is -0.345 e. The van der Waals surface area contributed by atoms with Gasteiger partial charge in [-0.2, -0.15) is 4.31 Å². The molecule has 1 fully saturated rings. The van der Waals surface area contributed by atoms with Gasteiger partial charge in [-0.25, -0.2) is 12.8 Å². The molecule has 1 unspecified atom stereocenters. The number of benzene rings is 2. The number of halogens is 1. The lowest BCUT2D eigenvalue weighted by Crippen LogP contribution is -2.32. The maximum Gasteiger partial charge on any atom is 0.251 e. The average Bonchev–Trinajstić information content (AvgIpc) is 3.22. The largest absolute Gasteiger partial charge is 0.345 e. The van der Waals surface area contributed by atoms with Crippen molar-refractivity contribution in [1.82, 2.24) is 9.62 Å². The second-order valence-electron chi connectivity index (χ2n) is 7.39. The van der Waals surface area contributed by atoms with Gasteiger partial charge < -0.3 is 5.32 Å². The van der Waals surface area contributed by atoms with Crippen LogP contribution in [0.2, 0.25) is 0 Å². The summed E-state index contributed by atoms with van der Waals surface area (Å²) in [5.74, 6) is -0.621. The maximum absolute atomic E-state index is 13.2. The summed E-state index contributed by atoms with van der Waals surface area (Å²) in [5, 5.41) is 2.95. The number of nitrogens with one attached hydrogen (secondary N) is 1. The number of nitrogens with zero attached hydrogens (tertiary/aromatic N) is 1. The Morgan fingerprint density at radius 1 is 1.07 bits per heavy atom. The summed E-state index contributed by atoms with van der Waals surface area (Å²) in [6.07, 6.45) is 1.71. The molecule has 1 aliphatic heterocycles. The molecule has 0 radical (unpaired) electrons. The molecule has 1 heterocycles. The minimum atomic E-state index is -3.58. The summed E-state index contributed by atoms with van der Waals surface area (Å²) in [6, 6.07) is 11.8. The zero-order valence-corrected chi connectivity index (χ0v) is 16.9. The van der Waals surface area contributed by atoms with Gasteiger partial charge in [0.1, 0.15) is 5.82 Å². The molecular formula is C21H25FN2O3S. The van der Waals surface area contributed by atoms with E-state index in [0.717, 1.165) is 18.4 Å². The van der Waals surface area contributed by atoms with E-state index < -0.39 is 10.0 Å². The molecule has 2 aromatic carbocycles. The average molecular weight is 405 g/mol. The standard InChI is InChI=1S/C21H25FN2O3S/c1-15(2)20(16-8-10-18(22)11-9-16)23-21(25)17-6-5-7-19(14-17)28(26,27)24-12-3-4-13-24/h5-11,14-15,20H,3-4,12-13H2,1-2H3,(H,23,25). The monoisotopic (exact) mass is 404 g/mol. The van der Waals surface area contributed by atoms with Crippen LogP contribution in [0.5, 0.6) is 0 Å². The van der Waals surface area contributed by atoms with Crippen LogP contribution in [0.4, 0.5) is 4.39 Å². The first kappa shape index (κ1) is 20.5. The Morgan fingerprint density at radius 2 is 1.71 bits per heavy atom. The molecule has 5 nitrogen and oxygen atoms in total. The first-order chi connectivity index (χ1) is 13.3. The third kappa shape index (κ3) is 4.42. The molecule has 1 aliphatic rings. The Labute approximate surface area is 165 Å². The highest BCUT2D eigenvalue weighted by Crippen LogP contribution is 2.24. The Bertz CT molecular complexity index is 936. The van der Waals surface area contributed by atoms with E-state index in [-0.39, 0.29) is 34.1 Å². The molecule has 2 aromatic rings. The van der Waals surface area contributed by atoms with Crippen LogP contribution in [-0.2, 0) is 10.0 Å². The topological polar surface area (TPSA) is 66.5 Å². The van der Waals surface area contributed by atoms with Crippen LogP contribution < -0.4 is 5.32 Å². The van der Waals surface area contributed by atoms with Gasteiger partial charge in [-0.3, -0.25) is 4.79 Å². The van der Waals surface area contributed by atoms with E-state index in [0.29, 0.717) is 13.1 Å². The third-order valence-electron chi connectivity index (χ3n) is 4.98. The number of carbonyl (C=O) groups excluding carboxylic acids is 1. The van der Waals surface area contributed by atoms with E-state index in [1.54, 1.807) is 24.3 Å². The number of rotatable bonds is 6. The second kappa shape index (κ2) is 8.41. The number of amides is 1. The van der Waals surface area contributed by atoms with Crippen molar-refractivity contribution >= 4 is 15.9 Å². The van der Waals surface area contributed by atoms with Crippen LogP contribution in [0.25, 0.3) is 0 Å². The summed E-state index contributed by atoms with van der Waals surface area (Å²) < 4.78 is 40.2. The van der Waals surface area contributed by atoms with Gasteiger partial charge in [-0.1, -0.05) is 32.0 Å². The molecule has 0 aliphatic carbocycles. The van der Waals surface area contributed by atoms with Crippen molar-refractivity contribution in [2.75, 3.05) is 13.1 Å². The Morgan fingerprint density at radius 3 is 2.32 bits per heavy atom. The number of hydrogen-bond acceptors (Lipinski definition) is 3. The van der Waals surface area contributed by atoms with Crippen molar-refractivity contribution in [2.45, 2.75) is 37.6 Å². The van der Waals surface area contributed by atoms with Crippen molar-refractivity contribution in [2.24, 2.45) is 5.92 Å². The van der Waals surface area contributed by atoms with Crippen LogP contribution in [0.15, 0.2) is 53.4 Å². The number of hydrogen-bond donors (Lipinski definition) is 1. The smallest absolute Gasteiger partial charge is 0.251 e. The first-order valence-corrected chi connectivity index (χ1v) is 10.9. The van der Waals surface area contributed by atoms with Crippen molar-refractivity contribution in [3.8, 4) is 0 Å². The Kier molecular flexibility index (Phi) is 6.15. The van der Waals surface area contributed by atoms with Crippen LogP contribution in [0.1, 0.15) is 48.7 Å². The minimum absolute atomic E-state index is 0.0749. The predicted molar refractivity (Wildman–Crippen MR) is 106 cm³/mol. The fourth-order valence-electron chi connectivity index (χ4n) is 3.40. The fourth-order valence-corrected chi connectivity index (χ4v) is 4.97. The molecule has 1 N–H and O–H groups in total. The van der Waals surface area contributed by atoms with Crippen LogP contribution in [0, 0.1) is 11.7 Å². The Hall–Kier alpha value is -2.25. The molecule has 7 heteroatoms. The van der Waals surface area contributed by atoms with E-state index in [1.165, 1.54) is 28.6 Å². The van der Waals surface area contributed by atoms with Gasteiger partial charge in [-0.15, -0.1) is 0 Å². The van der Waals surface area contributed by atoms with E-state index in [2.05, 4.69) is 5.32 Å². The van der Waals surface area contributed by atoms with Crippen molar-refractivity contribution in [3.63, 3.8) is 0 Å². The lowest BCUT2D eigenvalue weighted by molar-refractivity contribution is 0.0925. The van der Waals surface area contributed by atoms with Gasteiger partial charge in [0.25, 0.3) is 5.91 Å². The zero-order valence-electron chi connectivity index (χ0n) is 16.1. The maximum atomic E-state index is 13.2. The van der Waals surface area contributed by atoms with E-state index in [9.17, 15) is 17.6 Å². The summed E-state index contributed by atoms with van der Waals surface area (Å²) in [5.41, 5.74) is 1.08. The molecule has 150 valence electrons. The van der Waals surface area contributed by atoms with Gasteiger partial charge in [0.2, 0.25) is 10.0 Å². The molecular weight excluding hydrogens is 379 g/mol. The van der Waals surface area contributed by atoms with Crippen molar-refractivity contribution in [3.05, 3.63) is 65.5 Å². The highest BCUT2D eigenvalue weighted by molar-refractivity contribution is 7.89. The molecule has 0 bridgehead atoms. The first-order valence-electron chi connectivity index (χ1n) is 9.45. The SMILES string of the molecule is CC(C)C(NC(=O)c1cccc(S(=O)(=O)N2CCCC2)c1)c1ccc(F)cc1. The summed E-state index contributed by atoms with van der Waals surface area (Å²) in [4.78, 5) is 12.9. The summed E-state index contributed by atoms with van der Waals surface area (Å²) >= 11 is 0. The van der Waals surface area contributed by atoms with Gasteiger partial charge in [0.15, 0.2) is 0 Å². The molecule has 28 heavy (non-hydrogen) atoms. The molecule has 1 atom stereocenters. The van der Waals surface area contributed by atoms with Gasteiger partial charge in [0, 0.05) is 18.7 Å². The van der Waals surface area contributed by atoms with Crippen LogP contribution in [-0.4, -0.2) is 31.7 Å². The third-order valence-corrected chi connectivity index (χ3v) is 6.88. The quantitative estimate of drug-likeness (QED) is 0.798. The van der Waals surface area contributed by atoms with E-state index >= 15 is 0 Å². The molecule has 0 spiro atoms.